The van der Waals surface area contributed by atoms with Crippen LogP contribution in [0, 0.1) is 22.7 Å². The zero-order valence-electron chi connectivity index (χ0n) is 10.3. The van der Waals surface area contributed by atoms with E-state index in [1.165, 1.54) is 13.0 Å². The first-order valence-corrected chi connectivity index (χ1v) is 7.02. The molecule has 0 saturated carbocycles. The second-order valence-corrected chi connectivity index (χ2v) is 5.99. The van der Waals surface area contributed by atoms with E-state index in [4.69, 9.17) is 20.4 Å². The van der Waals surface area contributed by atoms with Crippen LogP contribution in [-0.2, 0) is 21.4 Å². The maximum absolute atomic E-state index is 11.0. The van der Waals surface area contributed by atoms with Crippen molar-refractivity contribution < 1.29 is 13.2 Å². The highest BCUT2D eigenvalue weighted by Crippen LogP contribution is 2.12. The second-order valence-electron chi connectivity index (χ2n) is 4.01. The van der Waals surface area contributed by atoms with Crippen molar-refractivity contribution in [1.29, 1.82) is 10.5 Å². The van der Waals surface area contributed by atoms with Gasteiger partial charge in [0, 0.05) is 0 Å². The van der Waals surface area contributed by atoms with Crippen molar-refractivity contribution in [2.45, 2.75) is 18.8 Å². The summed E-state index contributed by atoms with van der Waals surface area (Å²) >= 11 is 0. The third-order valence-corrected chi connectivity index (χ3v) is 3.79. The van der Waals surface area contributed by atoms with E-state index in [1.807, 2.05) is 12.1 Å². The minimum Gasteiger partial charge on any atom is -0.375 e. The topological polar surface area (TPSA) is 117 Å². The Balaban J connectivity index is 2.70. The molecule has 0 spiro atoms. The van der Waals surface area contributed by atoms with Crippen LogP contribution in [0.2, 0.25) is 0 Å². The van der Waals surface area contributed by atoms with Crippen molar-refractivity contribution in [3.05, 3.63) is 34.9 Å². The highest BCUT2D eigenvalue weighted by Gasteiger charge is 2.15. The summed E-state index contributed by atoms with van der Waals surface area (Å²) in [6.07, 6.45) is 0. The van der Waals surface area contributed by atoms with Crippen LogP contribution in [0.3, 0.4) is 0 Å². The molecule has 6 nitrogen and oxygen atoms in total. The quantitative estimate of drug-likeness (QED) is 0.848. The lowest BCUT2D eigenvalue weighted by Crippen LogP contribution is -2.29. The van der Waals surface area contributed by atoms with Crippen molar-refractivity contribution in [3.63, 3.8) is 0 Å². The standard InChI is InChI=1S/C12H13N3O3S/c1-9(19(15,16)17)7-18-8-11-3-2-10(5-13)4-12(11)6-14/h2-4,9H,7-8H2,1H3,(H2,15,16,17)/t9-/m1/s1. The Morgan fingerprint density at radius 3 is 2.58 bits per heavy atom. The van der Waals surface area contributed by atoms with Crippen molar-refractivity contribution in [3.8, 4) is 12.1 Å². The Bertz CT molecular complexity index is 641. The maximum Gasteiger partial charge on any atom is 0.213 e. The molecule has 0 amide bonds. The van der Waals surface area contributed by atoms with E-state index in [0.717, 1.165) is 0 Å². The molecule has 0 aromatic heterocycles. The molecule has 100 valence electrons. The lowest BCUT2D eigenvalue weighted by molar-refractivity contribution is 0.122. The van der Waals surface area contributed by atoms with Crippen LogP contribution in [0.5, 0.6) is 0 Å². The summed E-state index contributed by atoms with van der Waals surface area (Å²) in [6.45, 7) is 1.48. The number of rotatable bonds is 5. The Hall–Kier alpha value is -1.93. The molecule has 0 saturated heterocycles. The van der Waals surface area contributed by atoms with Gasteiger partial charge in [-0.15, -0.1) is 0 Å². The molecule has 0 aliphatic rings. The van der Waals surface area contributed by atoms with Gasteiger partial charge in [0.1, 0.15) is 0 Å². The smallest absolute Gasteiger partial charge is 0.213 e. The van der Waals surface area contributed by atoms with Gasteiger partial charge in [-0.1, -0.05) is 6.07 Å². The molecule has 7 heteroatoms. The summed E-state index contributed by atoms with van der Waals surface area (Å²) in [5, 5.41) is 21.8. The average Bonchev–Trinajstić information content (AvgIpc) is 2.37. The zero-order valence-corrected chi connectivity index (χ0v) is 11.1. The van der Waals surface area contributed by atoms with Gasteiger partial charge in [0.25, 0.3) is 0 Å². The summed E-state index contributed by atoms with van der Waals surface area (Å²) in [5.74, 6) is 0. The highest BCUT2D eigenvalue weighted by atomic mass is 32.2. The van der Waals surface area contributed by atoms with E-state index in [2.05, 4.69) is 0 Å². The normalized spacial score (nSPS) is 12.4. The minimum absolute atomic E-state index is 0.0519. The fraction of sp³-hybridized carbons (Fsp3) is 0.333. The Morgan fingerprint density at radius 1 is 1.37 bits per heavy atom. The van der Waals surface area contributed by atoms with Gasteiger partial charge in [-0.3, -0.25) is 0 Å². The lowest BCUT2D eigenvalue weighted by Gasteiger charge is -2.10. The number of primary sulfonamides is 1. The van der Waals surface area contributed by atoms with Crippen LogP contribution in [0.15, 0.2) is 18.2 Å². The van der Waals surface area contributed by atoms with Gasteiger partial charge < -0.3 is 4.74 Å². The van der Waals surface area contributed by atoms with Gasteiger partial charge in [0.2, 0.25) is 10.0 Å². The Kier molecular flexibility index (Phi) is 5.02. The van der Waals surface area contributed by atoms with Gasteiger partial charge in [-0.25, -0.2) is 13.6 Å². The molecule has 0 aliphatic heterocycles. The number of hydrogen-bond acceptors (Lipinski definition) is 5. The summed E-state index contributed by atoms with van der Waals surface area (Å²) in [6, 6.07) is 8.54. The highest BCUT2D eigenvalue weighted by molar-refractivity contribution is 7.89. The molecule has 19 heavy (non-hydrogen) atoms. The third kappa shape index (κ3) is 4.34. The van der Waals surface area contributed by atoms with E-state index in [9.17, 15) is 8.42 Å². The molecule has 1 atom stereocenters. The van der Waals surface area contributed by atoms with Gasteiger partial charge in [-0.05, 0) is 24.6 Å². The SMILES string of the molecule is C[C@H](COCc1ccc(C#N)cc1C#N)S(N)(=O)=O. The Labute approximate surface area is 112 Å². The van der Waals surface area contributed by atoms with Gasteiger partial charge in [-0.2, -0.15) is 10.5 Å². The van der Waals surface area contributed by atoms with Crippen LogP contribution >= 0.6 is 0 Å². The first kappa shape index (κ1) is 15.1. The number of nitriles is 2. The van der Waals surface area contributed by atoms with E-state index < -0.39 is 15.3 Å². The lowest BCUT2D eigenvalue weighted by atomic mass is 10.1. The third-order valence-electron chi connectivity index (χ3n) is 2.53. The van der Waals surface area contributed by atoms with E-state index in [-0.39, 0.29) is 13.2 Å². The van der Waals surface area contributed by atoms with Gasteiger partial charge in [0.15, 0.2) is 0 Å². The molecule has 0 aliphatic carbocycles. The molecule has 1 aromatic carbocycles. The fourth-order valence-corrected chi connectivity index (χ4v) is 1.59. The molecule has 0 heterocycles. The summed E-state index contributed by atoms with van der Waals surface area (Å²) < 4.78 is 27.2. The summed E-state index contributed by atoms with van der Waals surface area (Å²) in [7, 11) is -3.62. The van der Waals surface area contributed by atoms with Crippen LogP contribution in [0.4, 0.5) is 0 Å². The molecule has 0 fully saturated rings. The van der Waals surface area contributed by atoms with Crippen molar-refractivity contribution >= 4 is 10.0 Å². The number of benzene rings is 1. The predicted molar refractivity (Wildman–Crippen MR) is 68.1 cm³/mol. The van der Waals surface area contributed by atoms with Crippen molar-refractivity contribution in [2.24, 2.45) is 5.14 Å². The van der Waals surface area contributed by atoms with Gasteiger partial charge >= 0.3 is 0 Å². The van der Waals surface area contributed by atoms with E-state index in [0.29, 0.717) is 16.7 Å². The minimum atomic E-state index is -3.62. The van der Waals surface area contributed by atoms with Crippen molar-refractivity contribution in [2.75, 3.05) is 6.61 Å². The summed E-state index contributed by atoms with van der Waals surface area (Å²) in [4.78, 5) is 0. The van der Waals surface area contributed by atoms with Crippen LogP contribution in [0.1, 0.15) is 23.6 Å². The van der Waals surface area contributed by atoms with Crippen LogP contribution in [0.25, 0.3) is 0 Å². The predicted octanol–water partition coefficient (Wildman–Crippen LogP) is 0.624. The Morgan fingerprint density at radius 2 is 2.05 bits per heavy atom. The second kappa shape index (κ2) is 6.30. The number of nitrogens with zero attached hydrogens (tertiary/aromatic N) is 2. The number of sulfonamides is 1. The number of nitrogens with two attached hydrogens (primary N) is 1. The fourth-order valence-electron chi connectivity index (χ4n) is 1.31. The molecular formula is C12H13N3O3S. The molecule has 1 rings (SSSR count). The first-order valence-electron chi connectivity index (χ1n) is 5.41. The summed E-state index contributed by atoms with van der Waals surface area (Å²) in [5.41, 5.74) is 1.32. The number of ether oxygens (including phenoxy) is 1. The molecule has 2 N–H and O–H groups in total. The monoisotopic (exact) mass is 279 g/mol. The van der Waals surface area contributed by atoms with Crippen LogP contribution in [-0.4, -0.2) is 20.3 Å². The van der Waals surface area contributed by atoms with Crippen molar-refractivity contribution in [1.82, 2.24) is 0 Å². The maximum atomic E-state index is 11.0. The first-order chi connectivity index (χ1) is 8.88. The molecule has 0 radical (unpaired) electrons. The van der Waals surface area contributed by atoms with Gasteiger partial charge in [0.05, 0.1) is 41.7 Å². The zero-order chi connectivity index (χ0) is 14.5. The molecule has 0 unspecified atom stereocenters. The number of hydrogen-bond donors (Lipinski definition) is 1. The largest absolute Gasteiger partial charge is 0.375 e. The molecular weight excluding hydrogens is 266 g/mol. The average molecular weight is 279 g/mol. The molecule has 0 bridgehead atoms. The van der Waals surface area contributed by atoms with E-state index in [1.54, 1.807) is 12.1 Å². The van der Waals surface area contributed by atoms with E-state index >= 15 is 0 Å². The molecule has 1 aromatic rings. The van der Waals surface area contributed by atoms with Crippen LogP contribution < -0.4 is 5.14 Å².